The summed E-state index contributed by atoms with van der Waals surface area (Å²) in [6, 6.07) is 7.39. The van der Waals surface area contributed by atoms with Crippen LogP contribution in [0.4, 0.5) is 0 Å². The van der Waals surface area contributed by atoms with E-state index in [-0.39, 0.29) is 5.91 Å². The number of likely N-dealkylation sites (N-methyl/N-ethyl adjacent to an activating group) is 1. The number of amides is 1. The van der Waals surface area contributed by atoms with Crippen LogP contribution in [-0.2, 0) is 4.79 Å². The molecular weight excluding hydrogens is 246 g/mol. The van der Waals surface area contributed by atoms with Gasteiger partial charge < -0.3 is 10.1 Å². The molecule has 1 amide bonds. The topological polar surface area (TPSA) is 38.3 Å². The number of carbonyl (C=O) groups excluding carboxylic acids is 1. The lowest BCUT2D eigenvalue weighted by Crippen LogP contribution is -2.33. The minimum absolute atomic E-state index is 0.134. The summed E-state index contributed by atoms with van der Waals surface area (Å²) in [6.07, 6.45) is -0.478. The van der Waals surface area contributed by atoms with Gasteiger partial charge in [0.25, 0.3) is 5.91 Å². The van der Waals surface area contributed by atoms with Crippen molar-refractivity contribution in [1.82, 2.24) is 5.32 Å². The standard InChI is InChI=1S/C10H12BrNO2/c1-7(10(13)12-2)14-9-5-3-4-8(11)6-9/h3-7H,1-2H3,(H,12,13)/t7-/m0/s1. The average Bonchev–Trinajstić information content (AvgIpc) is 2.16. The number of rotatable bonds is 3. The molecule has 4 heteroatoms. The predicted octanol–water partition coefficient (Wildman–Crippen LogP) is 1.96. The van der Waals surface area contributed by atoms with Crippen molar-refractivity contribution >= 4 is 21.8 Å². The van der Waals surface area contributed by atoms with E-state index < -0.39 is 6.10 Å². The zero-order valence-corrected chi connectivity index (χ0v) is 9.67. The Kier molecular flexibility index (Phi) is 3.95. The fourth-order valence-electron chi connectivity index (χ4n) is 1.00. The fourth-order valence-corrected chi connectivity index (χ4v) is 1.38. The second-order valence-corrected chi connectivity index (χ2v) is 3.75. The quantitative estimate of drug-likeness (QED) is 0.900. The molecule has 0 saturated heterocycles. The van der Waals surface area contributed by atoms with E-state index in [1.54, 1.807) is 14.0 Å². The fraction of sp³-hybridized carbons (Fsp3) is 0.300. The first-order valence-electron chi connectivity index (χ1n) is 4.27. The highest BCUT2D eigenvalue weighted by atomic mass is 79.9. The van der Waals surface area contributed by atoms with Crippen LogP contribution in [0.3, 0.4) is 0 Å². The van der Waals surface area contributed by atoms with E-state index >= 15 is 0 Å². The molecule has 0 bridgehead atoms. The van der Waals surface area contributed by atoms with Crippen molar-refractivity contribution in [2.24, 2.45) is 0 Å². The van der Waals surface area contributed by atoms with Gasteiger partial charge in [0, 0.05) is 11.5 Å². The maximum Gasteiger partial charge on any atom is 0.260 e. The monoisotopic (exact) mass is 257 g/mol. The molecule has 1 rings (SSSR count). The largest absolute Gasteiger partial charge is 0.481 e. The van der Waals surface area contributed by atoms with Crippen molar-refractivity contribution in [3.05, 3.63) is 28.7 Å². The Morgan fingerprint density at radius 1 is 1.57 bits per heavy atom. The van der Waals surface area contributed by atoms with Crippen LogP contribution >= 0.6 is 15.9 Å². The van der Waals surface area contributed by atoms with Crippen molar-refractivity contribution in [2.45, 2.75) is 13.0 Å². The van der Waals surface area contributed by atoms with Crippen LogP contribution in [0.15, 0.2) is 28.7 Å². The molecule has 3 nitrogen and oxygen atoms in total. The van der Waals surface area contributed by atoms with E-state index in [2.05, 4.69) is 21.2 Å². The number of halogens is 1. The summed E-state index contributed by atoms with van der Waals surface area (Å²) >= 11 is 3.33. The summed E-state index contributed by atoms with van der Waals surface area (Å²) in [7, 11) is 1.59. The Hall–Kier alpha value is -1.03. The van der Waals surface area contributed by atoms with Crippen LogP contribution in [0.5, 0.6) is 5.75 Å². The summed E-state index contributed by atoms with van der Waals surface area (Å²) in [5.41, 5.74) is 0. The lowest BCUT2D eigenvalue weighted by Gasteiger charge is -2.12. The molecule has 0 spiro atoms. The predicted molar refractivity (Wildman–Crippen MR) is 58.3 cm³/mol. The maximum atomic E-state index is 11.2. The average molecular weight is 258 g/mol. The van der Waals surface area contributed by atoms with Gasteiger partial charge in [0.05, 0.1) is 0 Å². The molecule has 1 atom stereocenters. The van der Waals surface area contributed by atoms with Crippen LogP contribution in [0, 0.1) is 0 Å². The van der Waals surface area contributed by atoms with Crippen molar-refractivity contribution in [2.75, 3.05) is 7.05 Å². The maximum absolute atomic E-state index is 11.2. The van der Waals surface area contributed by atoms with Crippen LogP contribution < -0.4 is 10.1 Å². The van der Waals surface area contributed by atoms with Crippen molar-refractivity contribution in [3.63, 3.8) is 0 Å². The molecule has 0 radical (unpaired) electrons. The van der Waals surface area contributed by atoms with Gasteiger partial charge >= 0.3 is 0 Å². The van der Waals surface area contributed by atoms with E-state index in [1.807, 2.05) is 24.3 Å². The molecule has 0 aliphatic carbocycles. The third-order valence-electron chi connectivity index (χ3n) is 1.72. The minimum atomic E-state index is -0.478. The number of benzene rings is 1. The summed E-state index contributed by atoms with van der Waals surface area (Å²) in [4.78, 5) is 11.2. The molecule has 1 aromatic rings. The van der Waals surface area contributed by atoms with Gasteiger partial charge in [0.2, 0.25) is 0 Å². The Morgan fingerprint density at radius 3 is 2.86 bits per heavy atom. The van der Waals surface area contributed by atoms with E-state index in [4.69, 9.17) is 4.74 Å². The number of hydrogen-bond acceptors (Lipinski definition) is 2. The molecule has 1 aromatic carbocycles. The van der Waals surface area contributed by atoms with Gasteiger partial charge in [0.15, 0.2) is 6.10 Å². The van der Waals surface area contributed by atoms with E-state index in [0.29, 0.717) is 5.75 Å². The van der Waals surface area contributed by atoms with Gasteiger partial charge in [-0.2, -0.15) is 0 Å². The molecular formula is C10H12BrNO2. The Labute approximate surface area is 91.6 Å². The van der Waals surface area contributed by atoms with Crippen molar-refractivity contribution < 1.29 is 9.53 Å². The first-order valence-corrected chi connectivity index (χ1v) is 5.06. The highest BCUT2D eigenvalue weighted by molar-refractivity contribution is 9.10. The molecule has 76 valence electrons. The van der Waals surface area contributed by atoms with Crippen LogP contribution in [0.25, 0.3) is 0 Å². The van der Waals surface area contributed by atoms with Gasteiger partial charge in [-0.25, -0.2) is 0 Å². The highest BCUT2D eigenvalue weighted by Crippen LogP contribution is 2.18. The first kappa shape index (κ1) is 11.0. The van der Waals surface area contributed by atoms with Crippen molar-refractivity contribution in [1.29, 1.82) is 0 Å². The summed E-state index contributed by atoms with van der Waals surface area (Å²) in [6.45, 7) is 1.71. The third kappa shape index (κ3) is 3.03. The van der Waals surface area contributed by atoms with Crippen LogP contribution in [0.2, 0.25) is 0 Å². The smallest absolute Gasteiger partial charge is 0.260 e. The Morgan fingerprint density at radius 2 is 2.29 bits per heavy atom. The molecule has 0 aliphatic heterocycles. The molecule has 0 aliphatic rings. The molecule has 0 aromatic heterocycles. The van der Waals surface area contributed by atoms with E-state index in [9.17, 15) is 4.79 Å². The summed E-state index contributed by atoms with van der Waals surface area (Å²) in [5, 5.41) is 2.52. The van der Waals surface area contributed by atoms with Gasteiger partial charge in [-0.3, -0.25) is 4.79 Å². The summed E-state index contributed by atoms with van der Waals surface area (Å²) < 4.78 is 6.34. The summed E-state index contributed by atoms with van der Waals surface area (Å²) in [5.74, 6) is 0.542. The van der Waals surface area contributed by atoms with Gasteiger partial charge in [-0.05, 0) is 25.1 Å². The highest BCUT2D eigenvalue weighted by Gasteiger charge is 2.11. The molecule has 1 N–H and O–H groups in total. The molecule has 14 heavy (non-hydrogen) atoms. The zero-order chi connectivity index (χ0) is 10.6. The normalized spacial score (nSPS) is 11.9. The van der Waals surface area contributed by atoms with Gasteiger partial charge in [0.1, 0.15) is 5.75 Å². The lowest BCUT2D eigenvalue weighted by molar-refractivity contribution is -0.126. The first-order chi connectivity index (χ1) is 6.63. The Bertz CT molecular complexity index is 328. The molecule has 0 heterocycles. The van der Waals surface area contributed by atoms with Gasteiger partial charge in [-0.1, -0.05) is 22.0 Å². The number of nitrogens with one attached hydrogen (secondary N) is 1. The van der Waals surface area contributed by atoms with Crippen LogP contribution in [-0.4, -0.2) is 19.1 Å². The van der Waals surface area contributed by atoms with E-state index in [1.165, 1.54) is 0 Å². The van der Waals surface area contributed by atoms with E-state index in [0.717, 1.165) is 4.47 Å². The minimum Gasteiger partial charge on any atom is -0.481 e. The molecule has 0 fully saturated rings. The number of ether oxygens (including phenoxy) is 1. The SMILES string of the molecule is CNC(=O)[C@H](C)Oc1cccc(Br)c1. The number of carbonyl (C=O) groups is 1. The third-order valence-corrected chi connectivity index (χ3v) is 2.22. The Balaban J connectivity index is 2.64. The number of hydrogen-bond donors (Lipinski definition) is 1. The molecule has 0 unspecified atom stereocenters. The zero-order valence-electron chi connectivity index (χ0n) is 8.08. The second-order valence-electron chi connectivity index (χ2n) is 2.83. The molecule has 0 saturated carbocycles. The van der Waals surface area contributed by atoms with Gasteiger partial charge in [-0.15, -0.1) is 0 Å². The lowest BCUT2D eigenvalue weighted by atomic mass is 10.3. The van der Waals surface area contributed by atoms with Crippen molar-refractivity contribution in [3.8, 4) is 5.75 Å². The van der Waals surface area contributed by atoms with Crippen LogP contribution in [0.1, 0.15) is 6.92 Å². The second kappa shape index (κ2) is 5.00.